The van der Waals surface area contributed by atoms with E-state index in [-0.39, 0.29) is 29.3 Å². The molecule has 0 bridgehead atoms. The first-order valence-corrected chi connectivity index (χ1v) is 10.6. The minimum Gasteiger partial charge on any atom is -0.463 e. The first-order valence-electron chi connectivity index (χ1n) is 8.72. The van der Waals surface area contributed by atoms with Crippen LogP contribution in [0.3, 0.4) is 0 Å². The number of halogens is 1. The lowest BCUT2D eigenvalue weighted by atomic mass is 9.94. The van der Waals surface area contributed by atoms with Crippen LogP contribution in [0.4, 0.5) is 5.69 Å². The van der Waals surface area contributed by atoms with Gasteiger partial charge >= 0.3 is 5.97 Å². The van der Waals surface area contributed by atoms with E-state index in [1.807, 2.05) is 6.92 Å². The smallest absolute Gasteiger partial charge is 0.335 e. The average molecular weight is 416 g/mol. The monoisotopic (exact) mass is 415 g/mol. The molecule has 1 saturated heterocycles. The van der Waals surface area contributed by atoms with E-state index in [0.29, 0.717) is 19.6 Å². The maximum absolute atomic E-state index is 13.0. The summed E-state index contributed by atoms with van der Waals surface area (Å²) >= 11 is 6.15. The number of rotatable bonds is 5. The Kier molecular flexibility index (Phi) is 5.81. The minimum absolute atomic E-state index is 0.0146. The van der Waals surface area contributed by atoms with E-state index in [1.54, 1.807) is 25.1 Å². The summed E-state index contributed by atoms with van der Waals surface area (Å²) in [6.07, 6.45) is 1.93. The zero-order valence-corrected chi connectivity index (χ0v) is 16.7. The number of aryl methyl sites for hydroxylation is 1. The van der Waals surface area contributed by atoms with Gasteiger partial charge in [0.15, 0.2) is 5.79 Å². The Labute approximate surface area is 163 Å². The van der Waals surface area contributed by atoms with Crippen LogP contribution in [-0.4, -0.2) is 45.2 Å². The Hall–Kier alpha value is -1.61. The molecule has 1 spiro atoms. The molecule has 1 atom stereocenters. The van der Waals surface area contributed by atoms with Gasteiger partial charge in [0.05, 0.1) is 36.1 Å². The highest BCUT2D eigenvalue weighted by atomic mass is 35.5. The van der Waals surface area contributed by atoms with Gasteiger partial charge in [0.2, 0.25) is 10.0 Å². The molecule has 1 heterocycles. The molecule has 27 heavy (non-hydrogen) atoms. The Morgan fingerprint density at radius 3 is 2.70 bits per heavy atom. The van der Waals surface area contributed by atoms with Gasteiger partial charge in [0, 0.05) is 6.42 Å². The summed E-state index contributed by atoms with van der Waals surface area (Å²) in [4.78, 5) is 12.4. The lowest BCUT2D eigenvalue weighted by Crippen LogP contribution is -2.42. The molecule has 3 rings (SSSR count). The van der Waals surface area contributed by atoms with Gasteiger partial charge in [-0.2, -0.15) is 0 Å². The van der Waals surface area contributed by atoms with Crippen LogP contribution in [-0.2, 0) is 29.0 Å². The summed E-state index contributed by atoms with van der Waals surface area (Å²) in [5.74, 6) is -1.75. The molecular weight excluding hydrogens is 394 g/mol. The number of benzene rings is 1. The van der Waals surface area contributed by atoms with E-state index in [4.69, 9.17) is 25.8 Å². The van der Waals surface area contributed by atoms with E-state index < -0.39 is 27.0 Å². The molecule has 2 aliphatic rings. The van der Waals surface area contributed by atoms with Crippen molar-refractivity contribution in [3.05, 3.63) is 40.4 Å². The van der Waals surface area contributed by atoms with Crippen LogP contribution in [0.2, 0.25) is 5.02 Å². The predicted octanol–water partition coefficient (Wildman–Crippen LogP) is 2.79. The molecule has 1 aliphatic carbocycles. The molecular formula is C18H22ClNO6S. The van der Waals surface area contributed by atoms with Gasteiger partial charge in [-0.3, -0.25) is 4.72 Å². The first kappa shape index (κ1) is 20.1. The van der Waals surface area contributed by atoms with E-state index in [0.717, 1.165) is 5.56 Å². The molecule has 0 aromatic heterocycles. The van der Waals surface area contributed by atoms with Gasteiger partial charge in [0.25, 0.3) is 0 Å². The van der Waals surface area contributed by atoms with E-state index in [9.17, 15) is 13.2 Å². The molecule has 1 aromatic carbocycles. The van der Waals surface area contributed by atoms with Crippen molar-refractivity contribution in [3.8, 4) is 0 Å². The summed E-state index contributed by atoms with van der Waals surface area (Å²) < 4.78 is 44.8. The number of ether oxygens (including phenoxy) is 3. The molecule has 0 radical (unpaired) electrons. The molecule has 1 fully saturated rings. The van der Waals surface area contributed by atoms with Gasteiger partial charge in [-0.1, -0.05) is 17.7 Å². The van der Waals surface area contributed by atoms with Crippen molar-refractivity contribution in [2.24, 2.45) is 0 Å². The van der Waals surface area contributed by atoms with Crippen molar-refractivity contribution >= 4 is 33.3 Å². The number of carbonyl (C=O) groups excluding carboxylic acids is 1. The highest BCUT2D eigenvalue weighted by molar-refractivity contribution is 7.93. The molecule has 148 valence electrons. The third kappa shape index (κ3) is 4.29. The zero-order valence-electron chi connectivity index (χ0n) is 15.2. The lowest BCUT2D eigenvalue weighted by Gasteiger charge is -2.33. The quantitative estimate of drug-likeness (QED) is 0.743. The molecule has 1 aliphatic heterocycles. The SMILES string of the molecule is CCOC(=O)C1=CC2(CCC1S(=O)(=O)Nc1ccc(C)cc1Cl)OCCO2. The predicted molar refractivity (Wildman–Crippen MR) is 101 cm³/mol. The second-order valence-electron chi connectivity index (χ2n) is 6.49. The number of anilines is 1. The highest BCUT2D eigenvalue weighted by Crippen LogP contribution is 2.38. The number of nitrogens with one attached hydrogen (secondary N) is 1. The summed E-state index contributed by atoms with van der Waals surface area (Å²) in [7, 11) is -3.95. The Morgan fingerprint density at radius 2 is 2.07 bits per heavy atom. The summed E-state index contributed by atoms with van der Waals surface area (Å²) in [6, 6.07) is 5.01. The number of hydrogen-bond donors (Lipinski definition) is 1. The van der Waals surface area contributed by atoms with Crippen molar-refractivity contribution in [1.82, 2.24) is 0 Å². The molecule has 1 unspecified atom stereocenters. The normalized spacial score (nSPS) is 21.7. The van der Waals surface area contributed by atoms with Crippen molar-refractivity contribution in [2.75, 3.05) is 24.5 Å². The fourth-order valence-corrected chi connectivity index (χ4v) is 5.13. The van der Waals surface area contributed by atoms with Crippen molar-refractivity contribution in [1.29, 1.82) is 0 Å². The van der Waals surface area contributed by atoms with Crippen LogP contribution < -0.4 is 4.72 Å². The van der Waals surface area contributed by atoms with Crippen LogP contribution in [0.5, 0.6) is 0 Å². The first-order chi connectivity index (χ1) is 12.8. The molecule has 7 nitrogen and oxygen atoms in total. The highest BCUT2D eigenvalue weighted by Gasteiger charge is 2.46. The van der Waals surface area contributed by atoms with E-state index in [2.05, 4.69) is 4.72 Å². The van der Waals surface area contributed by atoms with E-state index in [1.165, 1.54) is 6.08 Å². The molecule has 1 N–H and O–H groups in total. The second kappa shape index (κ2) is 7.79. The maximum Gasteiger partial charge on any atom is 0.335 e. The standard InChI is InChI=1S/C18H22ClNO6S/c1-3-24-17(21)13-11-18(25-8-9-26-18)7-6-16(13)27(22,23)20-15-5-4-12(2)10-14(15)19/h4-5,10-11,16,20H,3,6-9H2,1-2H3. The Bertz CT molecular complexity index is 861. The molecule has 0 amide bonds. The molecule has 1 aromatic rings. The molecule has 9 heteroatoms. The third-order valence-corrected chi connectivity index (χ3v) is 6.57. The average Bonchev–Trinajstić information content (AvgIpc) is 3.05. The van der Waals surface area contributed by atoms with Crippen LogP contribution in [0.25, 0.3) is 0 Å². The van der Waals surface area contributed by atoms with Crippen molar-refractivity contribution in [2.45, 2.75) is 37.7 Å². The van der Waals surface area contributed by atoms with Crippen LogP contribution in [0.15, 0.2) is 29.8 Å². The summed E-state index contributed by atoms with van der Waals surface area (Å²) in [5, 5.41) is -0.803. The fourth-order valence-electron chi connectivity index (χ4n) is 3.24. The number of hydrogen-bond acceptors (Lipinski definition) is 6. The topological polar surface area (TPSA) is 90.9 Å². The number of esters is 1. The molecule has 0 saturated carbocycles. The Morgan fingerprint density at radius 1 is 1.37 bits per heavy atom. The maximum atomic E-state index is 13.0. The minimum atomic E-state index is -3.95. The summed E-state index contributed by atoms with van der Waals surface area (Å²) in [6.45, 7) is 4.43. The summed E-state index contributed by atoms with van der Waals surface area (Å²) in [5.41, 5.74) is 1.19. The zero-order chi connectivity index (χ0) is 19.7. The van der Waals surface area contributed by atoms with Crippen LogP contribution in [0, 0.1) is 6.92 Å². The van der Waals surface area contributed by atoms with Gasteiger partial charge < -0.3 is 14.2 Å². The third-order valence-electron chi connectivity index (χ3n) is 4.52. The largest absolute Gasteiger partial charge is 0.463 e. The number of sulfonamides is 1. The van der Waals surface area contributed by atoms with Crippen LogP contribution >= 0.6 is 11.6 Å². The van der Waals surface area contributed by atoms with Crippen molar-refractivity contribution in [3.63, 3.8) is 0 Å². The van der Waals surface area contributed by atoms with Gasteiger partial charge in [-0.25, -0.2) is 13.2 Å². The van der Waals surface area contributed by atoms with Gasteiger partial charge in [-0.15, -0.1) is 0 Å². The number of carbonyl (C=O) groups is 1. The van der Waals surface area contributed by atoms with Crippen molar-refractivity contribution < 1.29 is 27.4 Å². The van der Waals surface area contributed by atoms with Crippen LogP contribution in [0.1, 0.15) is 25.3 Å². The second-order valence-corrected chi connectivity index (χ2v) is 8.76. The van der Waals surface area contributed by atoms with Gasteiger partial charge in [0.1, 0.15) is 5.25 Å². The lowest BCUT2D eigenvalue weighted by molar-refractivity contribution is -0.143. The van der Waals surface area contributed by atoms with E-state index >= 15 is 0 Å². The Balaban J connectivity index is 1.93. The van der Waals surface area contributed by atoms with Gasteiger partial charge in [-0.05, 0) is 44.0 Å². The fraction of sp³-hybridized carbons (Fsp3) is 0.500.